The molecule has 0 aliphatic rings. The lowest BCUT2D eigenvalue weighted by atomic mass is 10.1. The largest absolute Gasteiger partial charge is 0.288 e. The van der Waals surface area contributed by atoms with Crippen molar-refractivity contribution in [1.82, 2.24) is 9.97 Å². The van der Waals surface area contributed by atoms with Gasteiger partial charge in [-0.25, -0.2) is 9.98 Å². The fourth-order valence-electron chi connectivity index (χ4n) is 2.21. The number of aromatic nitrogens is 2. The molecule has 0 saturated carbocycles. The molecule has 0 spiro atoms. The molecule has 3 aromatic rings. The van der Waals surface area contributed by atoms with Gasteiger partial charge in [0.25, 0.3) is 5.91 Å². The molecule has 1 aromatic carbocycles. The van der Waals surface area contributed by atoms with Crippen LogP contribution in [-0.4, -0.2) is 22.1 Å². The summed E-state index contributed by atoms with van der Waals surface area (Å²) in [6, 6.07) is 9.02. The van der Waals surface area contributed by atoms with Crippen molar-refractivity contribution in [3.8, 4) is 10.6 Å². The number of carbonyl (C=O) groups is 1. The van der Waals surface area contributed by atoms with Crippen molar-refractivity contribution in [2.24, 2.45) is 4.99 Å². The van der Waals surface area contributed by atoms with E-state index in [1.54, 1.807) is 37.5 Å². The summed E-state index contributed by atoms with van der Waals surface area (Å²) < 4.78 is 0. The topological polar surface area (TPSA) is 55.2 Å². The summed E-state index contributed by atoms with van der Waals surface area (Å²) in [5, 5.41) is 1.86. The van der Waals surface area contributed by atoms with Crippen molar-refractivity contribution in [3.63, 3.8) is 0 Å². The molecule has 0 radical (unpaired) electrons. The van der Waals surface area contributed by atoms with Gasteiger partial charge >= 0.3 is 0 Å². The number of aliphatic imine (C=N–C) groups is 1. The van der Waals surface area contributed by atoms with Crippen LogP contribution in [0, 0.1) is 6.92 Å². The van der Waals surface area contributed by atoms with Gasteiger partial charge in [-0.1, -0.05) is 29.3 Å². The van der Waals surface area contributed by atoms with E-state index < -0.39 is 0 Å². The molecule has 0 aliphatic heterocycles. The van der Waals surface area contributed by atoms with Gasteiger partial charge in [-0.3, -0.25) is 9.78 Å². The van der Waals surface area contributed by atoms with E-state index in [0.717, 1.165) is 16.1 Å². The Morgan fingerprint density at radius 2 is 2.00 bits per heavy atom. The van der Waals surface area contributed by atoms with Gasteiger partial charge in [-0.15, -0.1) is 11.3 Å². The lowest BCUT2D eigenvalue weighted by molar-refractivity contribution is 0.101. The average Bonchev–Trinajstić information content (AvgIpc) is 3.00. The normalized spacial score (nSPS) is 11.2. The Morgan fingerprint density at radius 1 is 1.24 bits per heavy atom. The van der Waals surface area contributed by atoms with Crippen LogP contribution in [0.5, 0.6) is 0 Å². The molecule has 25 heavy (non-hydrogen) atoms. The molecule has 0 fully saturated rings. The zero-order chi connectivity index (χ0) is 17.8. The molecule has 0 aliphatic carbocycles. The summed E-state index contributed by atoms with van der Waals surface area (Å²) in [6.07, 6.45) is 5.32. The Morgan fingerprint density at radius 3 is 2.68 bits per heavy atom. The van der Waals surface area contributed by atoms with Gasteiger partial charge in [0.2, 0.25) is 0 Å². The first-order valence-electron chi connectivity index (χ1n) is 7.44. The van der Waals surface area contributed by atoms with Gasteiger partial charge in [0.05, 0.1) is 5.69 Å². The minimum absolute atomic E-state index is 0.326. The predicted molar refractivity (Wildman–Crippen MR) is 103 cm³/mol. The second kappa shape index (κ2) is 7.87. The number of pyridine rings is 1. The number of thiazole rings is 1. The summed E-state index contributed by atoms with van der Waals surface area (Å²) in [5.41, 5.74) is 2.28. The number of benzene rings is 1. The quantitative estimate of drug-likeness (QED) is 0.570. The van der Waals surface area contributed by atoms with Crippen molar-refractivity contribution in [3.05, 3.63) is 68.9 Å². The van der Waals surface area contributed by atoms with Crippen LogP contribution in [0.3, 0.4) is 0 Å². The Balaban J connectivity index is 1.77. The summed E-state index contributed by atoms with van der Waals surface area (Å²) in [4.78, 5) is 25.4. The third-order valence-electron chi connectivity index (χ3n) is 3.46. The van der Waals surface area contributed by atoms with E-state index in [1.807, 2.05) is 12.1 Å². The highest BCUT2D eigenvalue weighted by molar-refractivity contribution is 7.17. The molecule has 7 heteroatoms. The predicted octanol–water partition coefficient (Wildman–Crippen LogP) is 5.27. The van der Waals surface area contributed by atoms with Gasteiger partial charge in [-0.2, -0.15) is 0 Å². The molecule has 0 unspecified atom stereocenters. The maximum atomic E-state index is 12.4. The van der Waals surface area contributed by atoms with Crippen molar-refractivity contribution in [2.45, 2.75) is 13.3 Å². The number of aryl methyl sites for hydroxylation is 1. The molecule has 0 N–H and O–H groups in total. The molecule has 0 atom stereocenters. The number of carbonyl (C=O) groups excluding carboxylic acids is 1. The van der Waals surface area contributed by atoms with Gasteiger partial charge < -0.3 is 0 Å². The van der Waals surface area contributed by atoms with Gasteiger partial charge in [0.1, 0.15) is 9.88 Å². The van der Waals surface area contributed by atoms with Crippen molar-refractivity contribution >= 4 is 46.7 Å². The minimum atomic E-state index is -0.326. The molecular weight excluding hydrogens is 377 g/mol. The van der Waals surface area contributed by atoms with Crippen molar-refractivity contribution in [2.75, 3.05) is 0 Å². The summed E-state index contributed by atoms with van der Waals surface area (Å²) in [7, 11) is 0. The van der Waals surface area contributed by atoms with Gasteiger partial charge in [0.15, 0.2) is 0 Å². The fourth-order valence-corrected chi connectivity index (χ4v) is 3.71. The summed E-state index contributed by atoms with van der Waals surface area (Å²) >= 11 is 13.5. The van der Waals surface area contributed by atoms with E-state index in [-0.39, 0.29) is 5.91 Å². The molecule has 3 rings (SSSR count). The number of amides is 1. The van der Waals surface area contributed by atoms with Crippen LogP contribution in [0.15, 0.2) is 47.7 Å². The smallest absolute Gasteiger partial charge is 0.266 e. The molecule has 2 aromatic heterocycles. The lowest BCUT2D eigenvalue weighted by Crippen LogP contribution is -1.97. The molecule has 4 nitrogen and oxygen atoms in total. The lowest BCUT2D eigenvalue weighted by Gasteiger charge is -2.02. The van der Waals surface area contributed by atoms with E-state index >= 15 is 0 Å². The number of hydrogen-bond acceptors (Lipinski definition) is 4. The van der Waals surface area contributed by atoms with Crippen LogP contribution in [0.1, 0.15) is 20.9 Å². The Bertz CT molecular complexity index is 918. The van der Waals surface area contributed by atoms with Gasteiger partial charge in [-0.05, 0) is 36.8 Å². The second-order valence-electron chi connectivity index (χ2n) is 5.20. The standard InChI is InChI=1S/C18H13Cl2N3OS/c1-11-16(25-18(23-11)12-4-3-8-21-10-12)17(24)22-9-7-13-14(19)5-2-6-15(13)20/h2-6,8-10H,7H2,1H3. The fraction of sp³-hybridized carbons (Fsp3) is 0.111. The molecule has 0 saturated heterocycles. The monoisotopic (exact) mass is 389 g/mol. The van der Waals surface area contributed by atoms with E-state index in [9.17, 15) is 4.79 Å². The maximum absolute atomic E-state index is 12.4. The molecule has 0 bridgehead atoms. The SMILES string of the molecule is Cc1nc(-c2cccnc2)sc1C(=O)N=CCc1c(Cl)cccc1Cl. The average molecular weight is 390 g/mol. The molecular formula is C18H13Cl2N3OS. The maximum Gasteiger partial charge on any atom is 0.288 e. The molecule has 126 valence electrons. The highest BCUT2D eigenvalue weighted by Crippen LogP contribution is 2.28. The van der Waals surface area contributed by atoms with Crippen LogP contribution in [-0.2, 0) is 6.42 Å². The zero-order valence-electron chi connectivity index (χ0n) is 13.2. The molecule has 2 heterocycles. The highest BCUT2D eigenvalue weighted by atomic mass is 35.5. The summed E-state index contributed by atoms with van der Waals surface area (Å²) in [6.45, 7) is 1.80. The van der Waals surface area contributed by atoms with Crippen LogP contribution in [0.2, 0.25) is 10.0 Å². The van der Waals surface area contributed by atoms with Crippen LogP contribution in [0.25, 0.3) is 10.6 Å². The van der Waals surface area contributed by atoms with Crippen LogP contribution < -0.4 is 0 Å². The number of rotatable bonds is 4. The number of nitrogens with zero attached hydrogens (tertiary/aromatic N) is 3. The first-order chi connectivity index (χ1) is 12.1. The zero-order valence-corrected chi connectivity index (χ0v) is 15.6. The molecule has 1 amide bonds. The van der Waals surface area contributed by atoms with Crippen molar-refractivity contribution in [1.29, 1.82) is 0 Å². The van der Waals surface area contributed by atoms with Crippen molar-refractivity contribution < 1.29 is 4.79 Å². The van der Waals surface area contributed by atoms with E-state index in [2.05, 4.69) is 15.0 Å². The second-order valence-corrected chi connectivity index (χ2v) is 7.01. The first kappa shape index (κ1) is 17.7. The van der Waals surface area contributed by atoms with E-state index in [4.69, 9.17) is 23.2 Å². The Labute approximate surface area is 159 Å². The highest BCUT2D eigenvalue weighted by Gasteiger charge is 2.15. The third kappa shape index (κ3) is 4.12. The Kier molecular flexibility index (Phi) is 5.58. The number of halogens is 2. The minimum Gasteiger partial charge on any atom is -0.266 e. The van der Waals surface area contributed by atoms with Gasteiger partial charge in [0, 0.05) is 40.6 Å². The summed E-state index contributed by atoms with van der Waals surface area (Å²) in [5.74, 6) is -0.326. The van der Waals surface area contributed by atoms with Crippen LogP contribution in [0.4, 0.5) is 0 Å². The van der Waals surface area contributed by atoms with Crippen LogP contribution >= 0.6 is 34.5 Å². The Hall–Kier alpha value is -2.08. The van der Waals surface area contributed by atoms with E-state index in [0.29, 0.717) is 27.0 Å². The first-order valence-corrected chi connectivity index (χ1v) is 9.01. The third-order valence-corrected chi connectivity index (χ3v) is 5.37. The number of hydrogen-bond donors (Lipinski definition) is 0. The van der Waals surface area contributed by atoms with E-state index in [1.165, 1.54) is 17.6 Å².